The van der Waals surface area contributed by atoms with Crippen LogP contribution in [0.3, 0.4) is 0 Å². The average molecular weight is 263 g/mol. The van der Waals surface area contributed by atoms with E-state index in [1.807, 2.05) is 13.8 Å². The molecule has 1 aromatic rings. The molecule has 0 aliphatic rings. The van der Waals surface area contributed by atoms with Gasteiger partial charge in [-0.15, -0.1) is 0 Å². The van der Waals surface area contributed by atoms with Gasteiger partial charge >= 0.3 is 0 Å². The Bertz CT molecular complexity index is 401. The summed E-state index contributed by atoms with van der Waals surface area (Å²) < 4.78 is 26.1. The highest BCUT2D eigenvalue weighted by Crippen LogP contribution is 2.26. The fourth-order valence-corrected chi connectivity index (χ4v) is 1.38. The third-order valence-electron chi connectivity index (χ3n) is 1.94. The number of carbonyl (C=O) groups excluding carboxylic acids is 1. The summed E-state index contributed by atoms with van der Waals surface area (Å²) in [5.74, 6) is -2.12. The van der Waals surface area contributed by atoms with Gasteiger partial charge < -0.3 is 10.6 Å². The molecule has 3 nitrogen and oxygen atoms in total. The van der Waals surface area contributed by atoms with Crippen molar-refractivity contribution in [1.82, 2.24) is 5.32 Å². The van der Waals surface area contributed by atoms with Crippen molar-refractivity contribution in [3.8, 4) is 0 Å². The number of amides is 1. The van der Waals surface area contributed by atoms with Gasteiger partial charge in [0.2, 0.25) is 5.91 Å². The Labute approximate surface area is 103 Å². The first-order valence-corrected chi connectivity index (χ1v) is 5.45. The molecule has 0 unspecified atom stereocenters. The summed E-state index contributed by atoms with van der Waals surface area (Å²) in [4.78, 5) is 11.4. The van der Waals surface area contributed by atoms with Crippen LogP contribution in [-0.2, 0) is 4.79 Å². The van der Waals surface area contributed by atoms with Crippen molar-refractivity contribution in [3.63, 3.8) is 0 Å². The van der Waals surface area contributed by atoms with Gasteiger partial charge in [0.15, 0.2) is 5.82 Å². The van der Waals surface area contributed by atoms with Crippen LogP contribution in [-0.4, -0.2) is 18.5 Å². The molecule has 1 amide bonds. The van der Waals surface area contributed by atoms with E-state index in [-0.39, 0.29) is 23.3 Å². The number of anilines is 1. The van der Waals surface area contributed by atoms with E-state index in [0.29, 0.717) is 6.07 Å². The number of halogens is 3. The molecule has 0 radical (unpaired) electrons. The molecule has 0 aliphatic heterocycles. The van der Waals surface area contributed by atoms with Gasteiger partial charge in [-0.2, -0.15) is 0 Å². The third kappa shape index (κ3) is 4.28. The van der Waals surface area contributed by atoms with E-state index in [9.17, 15) is 13.6 Å². The lowest BCUT2D eigenvalue weighted by atomic mass is 10.3. The molecule has 0 bridgehead atoms. The molecule has 1 aromatic carbocycles. The summed E-state index contributed by atoms with van der Waals surface area (Å²) in [6.07, 6.45) is 0. The minimum atomic E-state index is -0.895. The zero-order valence-electron chi connectivity index (χ0n) is 9.48. The number of benzene rings is 1. The van der Waals surface area contributed by atoms with Gasteiger partial charge in [-0.1, -0.05) is 25.4 Å². The van der Waals surface area contributed by atoms with Crippen molar-refractivity contribution in [2.45, 2.75) is 19.9 Å². The van der Waals surface area contributed by atoms with E-state index in [2.05, 4.69) is 10.6 Å². The van der Waals surface area contributed by atoms with Crippen LogP contribution in [0.1, 0.15) is 13.8 Å². The lowest BCUT2D eigenvalue weighted by Gasteiger charge is -2.10. The standard InChI is InChI=1S/C11H13ClF2N2O/c1-6(2)15-5-10(17)16-11-8(12)3-7(13)4-9(11)14/h3-4,6,15H,5H2,1-2H3,(H,16,17). The second-order valence-electron chi connectivity index (χ2n) is 3.83. The van der Waals surface area contributed by atoms with Gasteiger partial charge in [0, 0.05) is 12.1 Å². The van der Waals surface area contributed by atoms with Gasteiger partial charge in [-0.3, -0.25) is 4.79 Å². The monoisotopic (exact) mass is 262 g/mol. The summed E-state index contributed by atoms with van der Waals surface area (Å²) in [7, 11) is 0. The molecular weight excluding hydrogens is 250 g/mol. The van der Waals surface area contributed by atoms with Gasteiger partial charge in [0.05, 0.1) is 17.3 Å². The maximum absolute atomic E-state index is 13.3. The molecule has 6 heteroatoms. The van der Waals surface area contributed by atoms with Gasteiger partial charge in [0.25, 0.3) is 0 Å². The molecule has 17 heavy (non-hydrogen) atoms. The van der Waals surface area contributed by atoms with E-state index in [0.717, 1.165) is 6.07 Å². The van der Waals surface area contributed by atoms with Crippen molar-refractivity contribution in [2.24, 2.45) is 0 Å². The number of hydrogen-bond donors (Lipinski definition) is 2. The lowest BCUT2D eigenvalue weighted by Crippen LogP contribution is -2.32. The maximum Gasteiger partial charge on any atom is 0.238 e. The molecule has 0 spiro atoms. The van der Waals surface area contributed by atoms with Crippen LogP contribution in [0.25, 0.3) is 0 Å². The Morgan fingerprint density at radius 2 is 2.06 bits per heavy atom. The highest BCUT2D eigenvalue weighted by molar-refractivity contribution is 6.33. The molecule has 0 saturated carbocycles. The minimum Gasteiger partial charge on any atom is -0.321 e. The van der Waals surface area contributed by atoms with Gasteiger partial charge in [-0.25, -0.2) is 8.78 Å². The summed E-state index contributed by atoms with van der Waals surface area (Å²) >= 11 is 5.63. The highest BCUT2D eigenvalue weighted by Gasteiger charge is 2.12. The second kappa shape index (κ2) is 5.93. The van der Waals surface area contributed by atoms with Crippen LogP contribution in [0, 0.1) is 11.6 Å². The van der Waals surface area contributed by atoms with Crippen molar-refractivity contribution in [3.05, 3.63) is 28.8 Å². The highest BCUT2D eigenvalue weighted by atomic mass is 35.5. The summed E-state index contributed by atoms with van der Waals surface area (Å²) in [5.41, 5.74) is -0.205. The van der Waals surface area contributed by atoms with Crippen molar-refractivity contribution in [2.75, 3.05) is 11.9 Å². The third-order valence-corrected chi connectivity index (χ3v) is 2.24. The smallest absolute Gasteiger partial charge is 0.238 e. The van der Waals surface area contributed by atoms with Crippen molar-refractivity contribution >= 4 is 23.2 Å². The predicted octanol–water partition coefficient (Wildman–Crippen LogP) is 2.55. The largest absolute Gasteiger partial charge is 0.321 e. The molecule has 0 atom stereocenters. The topological polar surface area (TPSA) is 41.1 Å². The van der Waals surface area contributed by atoms with E-state index in [1.165, 1.54) is 0 Å². The molecule has 0 aliphatic carbocycles. The number of hydrogen-bond acceptors (Lipinski definition) is 2. The second-order valence-corrected chi connectivity index (χ2v) is 4.24. The first-order valence-electron chi connectivity index (χ1n) is 5.08. The average Bonchev–Trinajstić information content (AvgIpc) is 2.20. The Morgan fingerprint density at radius 3 is 2.59 bits per heavy atom. The first-order chi connectivity index (χ1) is 7.90. The van der Waals surface area contributed by atoms with Crippen molar-refractivity contribution in [1.29, 1.82) is 0 Å². The SMILES string of the molecule is CC(C)NCC(=O)Nc1c(F)cc(F)cc1Cl. The Hall–Kier alpha value is -1.20. The fourth-order valence-electron chi connectivity index (χ4n) is 1.14. The molecule has 1 rings (SSSR count). The molecular formula is C11H13ClF2N2O. The quantitative estimate of drug-likeness (QED) is 0.876. The van der Waals surface area contributed by atoms with Crippen LogP contribution < -0.4 is 10.6 Å². The molecule has 0 saturated heterocycles. The van der Waals surface area contributed by atoms with Crippen LogP contribution in [0.2, 0.25) is 5.02 Å². The van der Waals surface area contributed by atoms with Crippen LogP contribution in [0.15, 0.2) is 12.1 Å². The van der Waals surface area contributed by atoms with Crippen LogP contribution in [0.5, 0.6) is 0 Å². The first kappa shape index (κ1) is 13.9. The fraction of sp³-hybridized carbons (Fsp3) is 0.364. The van der Waals surface area contributed by atoms with E-state index in [4.69, 9.17) is 11.6 Å². The zero-order valence-corrected chi connectivity index (χ0v) is 10.2. The Kier molecular flexibility index (Phi) is 4.84. The Morgan fingerprint density at radius 1 is 1.41 bits per heavy atom. The van der Waals surface area contributed by atoms with Crippen LogP contribution >= 0.6 is 11.6 Å². The maximum atomic E-state index is 13.3. The summed E-state index contributed by atoms with van der Waals surface area (Å²) in [5, 5.41) is 4.98. The molecule has 0 aromatic heterocycles. The lowest BCUT2D eigenvalue weighted by molar-refractivity contribution is -0.115. The number of carbonyl (C=O) groups is 1. The van der Waals surface area contributed by atoms with E-state index < -0.39 is 17.5 Å². The minimum absolute atomic E-state index is 0.0326. The van der Waals surface area contributed by atoms with Crippen LogP contribution in [0.4, 0.5) is 14.5 Å². The van der Waals surface area contributed by atoms with Crippen molar-refractivity contribution < 1.29 is 13.6 Å². The molecule has 0 heterocycles. The van der Waals surface area contributed by atoms with E-state index >= 15 is 0 Å². The van der Waals surface area contributed by atoms with E-state index in [1.54, 1.807) is 0 Å². The zero-order chi connectivity index (χ0) is 13.0. The van der Waals surface area contributed by atoms with Gasteiger partial charge in [-0.05, 0) is 6.07 Å². The number of rotatable bonds is 4. The Balaban J connectivity index is 2.72. The summed E-state index contributed by atoms with van der Waals surface area (Å²) in [6, 6.07) is 1.74. The molecule has 94 valence electrons. The number of nitrogens with one attached hydrogen (secondary N) is 2. The molecule has 2 N–H and O–H groups in total. The molecule has 0 fully saturated rings. The normalized spacial score (nSPS) is 10.7. The predicted molar refractivity (Wildman–Crippen MR) is 63.1 cm³/mol. The van der Waals surface area contributed by atoms with Gasteiger partial charge in [0.1, 0.15) is 5.82 Å². The summed E-state index contributed by atoms with van der Waals surface area (Å²) in [6.45, 7) is 3.78.